The third-order valence-electron chi connectivity index (χ3n) is 1.56. The summed E-state index contributed by atoms with van der Waals surface area (Å²) in [7, 11) is -4.28. The molecule has 0 aliphatic heterocycles. The Morgan fingerprint density at radius 1 is 1.47 bits per heavy atom. The van der Waals surface area contributed by atoms with Gasteiger partial charge in [0.15, 0.2) is 0 Å². The van der Waals surface area contributed by atoms with Crippen LogP contribution in [0.25, 0.3) is 0 Å². The molecule has 84 valence electrons. The molecule has 9 heteroatoms. The topological polar surface area (TPSA) is 99.1 Å². The molecule has 0 radical (unpaired) electrons. The molecule has 0 saturated carbocycles. The van der Waals surface area contributed by atoms with Crippen molar-refractivity contribution in [3.63, 3.8) is 0 Å². The van der Waals surface area contributed by atoms with Crippen LogP contribution in [0.2, 0.25) is 0 Å². The summed E-state index contributed by atoms with van der Waals surface area (Å²) in [5.41, 5.74) is 4.27. The fraction of sp³-hybridized carbons (Fsp3) is 0.167. The van der Waals surface area contributed by atoms with Crippen LogP contribution in [-0.2, 0) is 10.0 Å². The minimum Gasteiger partial charge on any atom is -0.383 e. The Kier molecular flexibility index (Phi) is 3.26. The average molecular weight is 302 g/mol. The van der Waals surface area contributed by atoms with Gasteiger partial charge in [0.25, 0.3) is 6.43 Å². The first-order valence-corrected chi connectivity index (χ1v) is 5.84. The minimum atomic E-state index is -4.28. The summed E-state index contributed by atoms with van der Waals surface area (Å²) in [5, 5.41) is 4.79. The highest BCUT2D eigenvalue weighted by Gasteiger charge is 2.26. The molecule has 0 unspecified atom stereocenters. The summed E-state index contributed by atoms with van der Waals surface area (Å²) in [6.45, 7) is 0. The van der Waals surface area contributed by atoms with E-state index in [4.69, 9.17) is 10.9 Å². The molecular formula is C6H6BrF2N3O2S. The van der Waals surface area contributed by atoms with Crippen LogP contribution in [0.4, 0.5) is 14.6 Å². The summed E-state index contributed by atoms with van der Waals surface area (Å²) in [6.07, 6.45) is -2.07. The standard InChI is InChI=1S/C6H6BrF2N3O2S/c7-2-1-12-6(10)3(5(8)9)4(2)15(11,13)14/h1,5H,(H2,10,12)(H2,11,13,14). The zero-order valence-corrected chi connectivity index (χ0v) is 9.52. The van der Waals surface area contributed by atoms with Gasteiger partial charge in [-0.15, -0.1) is 0 Å². The smallest absolute Gasteiger partial charge is 0.268 e. The van der Waals surface area contributed by atoms with Gasteiger partial charge in [-0.2, -0.15) is 0 Å². The molecule has 0 aliphatic carbocycles. The molecule has 0 aromatic carbocycles. The van der Waals surface area contributed by atoms with Gasteiger partial charge in [-0.3, -0.25) is 0 Å². The van der Waals surface area contributed by atoms with E-state index in [2.05, 4.69) is 20.9 Å². The Hall–Kier alpha value is -0.800. The second-order valence-corrected chi connectivity index (χ2v) is 4.93. The van der Waals surface area contributed by atoms with Gasteiger partial charge >= 0.3 is 0 Å². The van der Waals surface area contributed by atoms with Crippen LogP contribution in [0.1, 0.15) is 12.0 Å². The number of sulfonamides is 1. The first kappa shape index (κ1) is 12.3. The summed E-state index contributed by atoms with van der Waals surface area (Å²) < 4.78 is 47.1. The monoisotopic (exact) mass is 301 g/mol. The number of rotatable bonds is 2. The van der Waals surface area contributed by atoms with Crippen LogP contribution in [0, 0.1) is 0 Å². The summed E-state index contributed by atoms with van der Waals surface area (Å²) >= 11 is 2.77. The molecule has 0 spiro atoms. The van der Waals surface area contributed by atoms with E-state index in [1.165, 1.54) is 0 Å². The molecule has 1 heterocycles. The highest BCUT2D eigenvalue weighted by molar-refractivity contribution is 9.10. The number of pyridine rings is 1. The Bertz CT molecular complexity index is 491. The molecule has 1 aromatic heterocycles. The SMILES string of the molecule is Nc1ncc(Br)c(S(N)(=O)=O)c1C(F)F. The zero-order valence-electron chi connectivity index (χ0n) is 7.12. The van der Waals surface area contributed by atoms with Crippen LogP contribution in [0.3, 0.4) is 0 Å². The van der Waals surface area contributed by atoms with Crippen molar-refractivity contribution in [3.05, 3.63) is 16.2 Å². The van der Waals surface area contributed by atoms with Crippen molar-refractivity contribution in [1.82, 2.24) is 4.98 Å². The number of primary sulfonamides is 1. The third-order valence-corrected chi connectivity index (χ3v) is 3.43. The second-order valence-electron chi connectivity index (χ2n) is 2.58. The van der Waals surface area contributed by atoms with E-state index in [9.17, 15) is 17.2 Å². The molecule has 0 bridgehead atoms. The van der Waals surface area contributed by atoms with Gasteiger partial charge in [0.2, 0.25) is 10.0 Å². The number of hydrogen-bond acceptors (Lipinski definition) is 4. The zero-order chi connectivity index (χ0) is 11.8. The third kappa shape index (κ3) is 2.41. The molecule has 15 heavy (non-hydrogen) atoms. The number of nitrogen functional groups attached to an aromatic ring is 1. The van der Waals surface area contributed by atoms with E-state index < -0.39 is 32.7 Å². The Morgan fingerprint density at radius 3 is 2.33 bits per heavy atom. The van der Waals surface area contributed by atoms with Crippen molar-refractivity contribution in [3.8, 4) is 0 Å². The van der Waals surface area contributed by atoms with Gasteiger partial charge < -0.3 is 5.73 Å². The maximum absolute atomic E-state index is 12.5. The van der Waals surface area contributed by atoms with Crippen molar-refractivity contribution in [1.29, 1.82) is 0 Å². The van der Waals surface area contributed by atoms with Crippen LogP contribution < -0.4 is 10.9 Å². The quantitative estimate of drug-likeness (QED) is 0.851. The van der Waals surface area contributed by atoms with Gasteiger partial charge in [0, 0.05) is 6.20 Å². The lowest BCUT2D eigenvalue weighted by Gasteiger charge is -2.10. The molecular weight excluding hydrogens is 296 g/mol. The van der Waals surface area contributed by atoms with Crippen molar-refractivity contribution < 1.29 is 17.2 Å². The molecule has 0 fully saturated rings. The number of anilines is 1. The molecule has 0 amide bonds. The van der Waals surface area contributed by atoms with Crippen molar-refractivity contribution in [2.75, 3.05) is 5.73 Å². The van der Waals surface area contributed by atoms with Gasteiger partial charge in [0.1, 0.15) is 10.7 Å². The van der Waals surface area contributed by atoms with Gasteiger partial charge in [-0.05, 0) is 15.9 Å². The maximum atomic E-state index is 12.5. The maximum Gasteiger partial charge on any atom is 0.268 e. The normalized spacial score (nSPS) is 12.1. The first-order valence-electron chi connectivity index (χ1n) is 3.50. The molecule has 0 atom stereocenters. The Morgan fingerprint density at radius 2 is 2.00 bits per heavy atom. The minimum absolute atomic E-state index is 0.144. The van der Waals surface area contributed by atoms with E-state index in [1.54, 1.807) is 0 Å². The summed E-state index contributed by atoms with van der Waals surface area (Å²) in [4.78, 5) is 2.67. The van der Waals surface area contributed by atoms with Gasteiger partial charge in [-0.25, -0.2) is 27.3 Å². The van der Waals surface area contributed by atoms with Crippen molar-refractivity contribution in [2.45, 2.75) is 11.3 Å². The van der Waals surface area contributed by atoms with Crippen LogP contribution in [0.15, 0.2) is 15.6 Å². The predicted octanol–water partition coefficient (Wildman–Crippen LogP) is 1.01. The number of nitrogens with zero attached hydrogens (tertiary/aromatic N) is 1. The Balaban J connectivity index is 3.68. The van der Waals surface area contributed by atoms with E-state index in [0.717, 1.165) is 6.20 Å². The molecule has 4 N–H and O–H groups in total. The second kappa shape index (κ2) is 3.99. The first-order chi connectivity index (χ1) is 6.75. The lowest BCUT2D eigenvalue weighted by molar-refractivity contribution is 0.148. The van der Waals surface area contributed by atoms with Crippen LogP contribution in [0.5, 0.6) is 0 Å². The number of aromatic nitrogens is 1. The Labute approximate surface area is 92.7 Å². The van der Waals surface area contributed by atoms with Crippen molar-refractivity contribution in [2.24, 2.45) is 5.14 Å². The van der Waals surface area contributed by atoms with Gasteiger partial charge in [0.05, 0.1) is 10.0 Å². The van der Waals surface area contributed by atoms with E-state index in [1.807, 2.05) is 0 Å². The highest BCUT2D eigenvalue weighted by atomic mass is 79.9. The number of nitrogens with two attached hydrogens (primary N) is 2. The fourth-order valence-electron chi connectivity index (χ4n) is 0.999. The van der Waals surface area contributed by atoms with E-state index in [-0.39, 0.29) is 4.47 Å². The average Bonchev–Trinajstić information content (AvgIpc) is 2.05. The molecule has 5 nitrogen and oxygen atoms in total. The van der Waals surface area contributed by atoms with E-state index in [0.29, 0.717) is 0 Å². The lowest BCUT2D eigenvalue weighted by atomic mass is 10.2. The number of hydrogen-bond donors (Lipinski definition) is 2. The van der Waals surface area contributed by atoms with Crippen molar-refractivity contribution >= 4 is 31.8 Å². The number of alkyl halides is 2. The largest absolute Gasteiger partial charge is 0.383 e. The van der Waals surface area contributed by atoms with Crippen LogP contribution >= 0.6 is 15.9 Å². The van der Waals surface area contributed by atoms with Crippen LogP contribution in [-0.4, -0.2) is 13.4 Å². The molecule has 1 aromatic rings. The molecule has 0 saturated heterocycles. The summed E-state index contributed by atoms with van der Waals surface area (Å²) in [6, 6.07) is 0. The highest BCUT2D eigenvalue weighted by Crippen LogP contribution is 2.34. The predicted molar refractivity (Wildman–Crippen MR) is 52.7 cm³/mol. The molecule has 0 aliphatic rings. The summed E-state index contributed by atoms with van der Waals surface area (Å²) in [5.74, 6) is -0.558. The fourth-order valence-corrected chi connectivity index (χ4v) is 2.82. The lowest BCUT2D eigenvalue weighted by Crippen LogP contribution is -2.17. The van der Waals surface area contributed by atoms with Gasteiger partial charge in [-0.1, -0.05) is 0 Å². The number of halogens is 3. The molecule has 1 rings (SSSR count). The van der Waals surface area contributed by atoms with E-state index >= 15 is 0 Å².